The van der Waals surface area contributed by atoms with Crippen LogP contribution >= 0.6 is 0 Å². The minimum atomic E-state index is -2.15. The first kappa shape index (κ1) is 85.5. The lowest BCUT2D eigenvalue weighted by molar-refractivity contribution is -0.156. The van der Waals surface area contributed by atoms with Crippen molar-refractivity contribution in [3.8, 4) is 0 Å². The lowest BCUT2D eigenvalue weighted by Crippen LogP contribution is -2.62. The number of aliphatic carboxylic acids is 2. The highest BCUT2D eigenvalue weighted by Crippen LogP contribution is 2.17. The summed E-state index contributed by atoms with van der Waals surface area (Å²) in [7, 11) is 0. The number of amides is 11. The molecule has 14 atom stereocenters. The molecule has 31 nitrogen and oxygen atoms in total. The highest BCUT2D eigenvalue weighted by atomic mass is 16.5. The van der Waals surface area contributed by atoms with E-state index >= 15 is 0 Å². The number of rotatable bonds is 30. The van der Waals surface area contributed by atoms with Crippen molar-refractivity contribution < 1.29 is 97.4 Å². The number of aliphatic hydroxyl groups excluding tert-OH is 3. The Kier molecular flexibility index (Phi) is 39.2. The van der Waals surface area contributed by atoms with E-state index in [0.717, 1.165) is 32.6 Å². The molecule has 1 fully saturated rings. The molecule has 1 saturated heterocycles. The van der Waals surface area contributed by atoms with Gasteiger partial charge in [-0.15, -0.1) is 0 Å². The number of hydrogen-bond donors (Lipinski definition) is 16. The van der Waals surface area contributed by atoms with Gasteiger partial charge in [-0.05, 0) is 81.0 Å². The van der Waals surface area contributed by atoms with Crippen molar-refractivity contribution in [2.75, 3.05) is 13.2 Å². The largest absolute Gasteiger partial charge is 0.481 e. The first-order chi connectivity index (χ1) is 44.4. The molecule has 1 unspecified atom stereocenters. The van der Waals surface area contributed by atoms with Crippen LogP contribution in [0.5, 0.6) is 0 Å². The van der Waals surface area contributed by atoms with Crippen LogP contribution in [0.1, 0.15) is 193 Å². The van der Waals surface area contributed by atoms with Crippen molar-refractivity contribution in [3.63, 3.8) is 0 Å². The van der Waals surface area contributed by atoms with E-state index < -0.39 is 199 Å². The Bertz CT molecular complexity index is 2570. The van der Waals surface area contributed by atoms with Crippen LogP contribution in [0.15, 0.2) is 0 Å². The Hall–Kier alpha value is -7.54. The number of nitrogens with one attached hydrogen (secondary N) is 11. The molecular formula is C64H111N11O20. The van der Waals surface area contributed by atoms with E-state index in [2.05, 4.69) is 65.4 Å². The van der Waals surface area contributed by atoms with Crippen LogP contribution in [0.4, 0.5) is 0 Å². The van der Waals surface area contributed by atoms with Crippen LogP contribution in [0, 0.1) is 35.5 Å². The average Bonchev–Trinajstić information content (AvgIpc) is 0.901. The summed E-state index contributed by atoms with van der Waals surface area (Å²) < 4.78 is 5.59. The SMILES string of the molecule is CCCCCCCC(O)CC(=O)N[C@H](CC(C)C)C(=O)N[C@@H](CC(=O)O)C(=O)N[C@@H]1C(=O)N[C@H](CC(C)C)C(=O)N[C@H](CC(C)C)C(=O)N[C@H](CO)C(=O)N[C@H](CC(C)C)C(=O)N[C@H](CO)C(=O)N[C@H](CC(C)C)C(=O)N[C@@H]([C@@H](C)CC)C(=O)N[C@@H](C(=O)O)CC(=O)O[C@@H]1C. The summed E-state index contributed by atoms with van der Waals surface area (Å²) in [6.45, 7) is 21.2. The highest BCUT2D eigenvalue weighted by Gasteiger charge is 2.41. The van der Waals surface area contributed by atoms with Gasteiger partial charge < -0.3 is 88.8 Å². The van der Waals surface area contributed by atoms with Gasteiger partial charge in [0.25, 0.3) is 0 Å². The predicted octanol–water partition coefficient (Wildman–Crippen LogP) is -0.413. The lowest BCUT2D eigenvalue weighted by atomic mass is 9.96. The van der Waals surface area contributed by atoms with Gasteiger partial charge in [-0.25, -0.2) is 4.79 Å². The fraction of sp³-hybridized carbons (Fsp3) is 0.781. The normalized spacial score (nSPS) is 24.3. The maximum atomic E-state index is 14.8. The molecule has 0 aromatic carbocycles. The molecule has 0 saturated carbocycles. The molecule has 95 heavy (non-hydrogen) atoms. The molecule has 1 heterocycles. The summed E-state index contributed by atoms with van der Waals surface area (Å²) in [5.74, 6) is -19.1. The second-order valence-electron chi connectivity index (χ2n) is 26.9. The van der Waals surface area contributed by atoms with Crippen LogP contribution < -0.4 is 58.5 Å². The zero-order chi connectivity index (χ0) is 72.6. The minimum absolute atomic E-state index is 0.0328. The summed E-state index contributed by atoms with van der Waals surface area (Å²) in [4.78, 5) is 195. The van der Waals surface area contributed by atoms with Gasteiger partial charge in [0, 0.05) is 0 Å². The molecule has 31 heteroatoms. The number of aliphatic hydroxyl groups is 3. The van der Waals surface area contributed by atoms with Crippen LogP contribution in [0.25, 0.3) is 0 Å². The van der Waals surface area contributed by atoms with E-state index in [1.807, 2.05) is 0 Å². The van der Waals surface area contributed by atoms with Gasteiger partial charge in [0.15, 0.2) is 0 Å². The number of hydrogen-bond acceptors (Lipinski definition) is 18. The third-order valence-electron chi connectivity index (χ3n) is 15.6. The predicted molar refractivity (Wildman–Crippen MR) is 346 cm³/mol. The molecule has 0 radical (unpaired) electrons. The molecule has 1 rings (SSSR count). The van der Waals surface area contributed by atoms with E-state index in [9.17, 15) is 92.7 Å². The van der Waals surface area contributed by atoms with Crippen molar-refractivity contribution in [2.24, 2.45) is 35.5 Å². The standard InChI is InChI=1S/C64H111N11O20/c1-15-17-18-19-20-21-39(78)27-49(79)65-40(22-32(3)4)54(83)69-45(28-50(80)81)59(88)75-53-38(14)95-51(82)29-46(64(93)94)71-62(91)52(37(13)16-2)74-58(87)44(26-36(11)12)68-61(90)48(31-77)73-57(86)42(24-34(7)8)67-60(89)47(30-76)72-56(85)41(23-33(5)6)66-55(84)43(25-35(9)10)70-63(53)92/h32-48,52-53,76-78H,15-31H2,1-14H3,(H,65,79)(H,66,84)(H,67,89)(H,68,90)(H,69,83)(H,70,92)(H,71,91)(H,72,85)(H,73,86)(H,74,87)(H,75,88)(H,80,81)(H,93,94)/t37-,38+,39?,40+,41+,42+,43+,44+,45-,46+,47+,48+,52-,53-/m0/s1. The van der Waals surface area contributed by atoms with Crippen LogP contribution in [0.2, 0.25) is 0 Å². The minimum Gasteiger partial charge on any atom is -0.481 e. The van der Waals surface area contributed by atoms with Gasteiger partial charge in [0.2, 0.25) is 65.0 Å². The van der Waals surface area contributed by atoms with Crippen LogP contribution in [-0.4, -0.2) is 200 Å². The molecule has 1 aliphatic heterocycles. The maximum absolute atomic E-state index is 14.8. The van der Waals surface area contributed by atoms with Crippen LogP contribution in [0.3, 0.4) is 0 Å². The van der Waals surface area contributed by atoms with Crippen molar-refractivity contribution in [1.29, 1.82) is 0 Å². The Morgan fingerprint density at radius 2 is 0.926 bits per heavy atom. The van der Waals surface area contributed by atoms with Gasteiger partial charge in [-0.2, -0.15) is 0 Å². The third kappa shape index (κ3) is 32.6. The first-order valence-electron chi connectivity index (χ1n) is 33.2. The zero-order valence-corrected chi connectivity index (χ0v) is 57.9. The molecule has 0 bridgehead atoms. The quantitative estimate of drug-likeness (QED) is 0.0321. The number of carbonyl (C=O) groups is 14. The first-order valence-corrected chi connectivity index (χ1v) is 33.2. The number of carboxylic acids is 2. The fourth-order valence-corrected chi connectivity index (χ4v) is 10.3. The number of carbonyl (C=O) groups excluding carboxylic acids is 12. The Balaban J connectivity index is 4.21. The van der Waals surface area contributed by atoms with Gasteiger partial charge in [-0.3, -0.25) is 62.3 Å². The second-order valence-corrected chi connectivity index (χ2v) is 26.9. The van der Waals surface area contributed by atoms with E-state index in [0.29, 0.717) is 12.8 Å². The average molecular weight is 1350 g/mol. The molecule has 16 N–H and O–H groups in total. The number of esters is 1. The molecule has 0 aromatic heterocycles. The molecule has 542 valence electrons. The van der Waals surface area contributed by atoms with E-state index in [-0.39, 0.29) is 68.6 Å². The molecular weight excluding hydrogens is 1240 g/mol. The summed E-state index contributed by atoms with van der Waals surface area (Å²) in [6, 6.07) is -18.9. The van der Waals surface area contributed by atoms with Crippen molar-refractivity contribution in [3.05, 3.63) is 0 Å². The van der Waals surface area contributed by atoms with Crippen molar-refractivity contribution in [2.45, 2.75) is 272 Å². The Morgan fingerprint density at radius 3 is 1.33 bits per heavy atom. The summed E-state index contributed by atoms with van der Waals surface area (Å²) in [5, 5.41) is 78.7. The summed E-state index contributed by atoms with van der Waals surface area (Å²) in [6.07, 6.45) is -1.22. The molecule has 0 aliphatic carbocycles. The van der Waals surface area contributed by atoms with Gasteiger partial charge in [-0.1, -0.05) is 129 Å². The topological polar surface area (TPSA) is 482 Å². The number of unbranched alkanes of at least 4 members (excludes halogenated alkanes) is 4. The van der Waals surface area contributed by atoms with Crippen molar-refractivity contribution >= 4 is 82.9 Å². The molecule has 0 aromatic rings. The van der Waals surface area contributed by atoms with E-state index in [1.165, 1.54) is 6.92 Å². The van der Waals surface area contributed by atoms with Gasteiger partial charge in [0.05, 0.1) is 38.6 Å². The van der Waals surface area contributed by atoms with Crippen LogP contribution in [-0.2, 0) is 71.9 Å². The van der Waals surface area contributed by atoms with E-state index in [4.69, 9.17) is 4.74 Å². The molecule has 0 spiro atoms. The van der Waals surface area contributed by atoms with E-state index in [1.54, 1.807) is 76.2 Å². The number of carboxylic acid groups (broad SMARTS) is 2. The molecule has 11 amide bonds. The number of ether oxygens (including phenoxy) is 1. The highest BCUT2D eigenvalue weighted by molar-refractivity contribution is 6.00. The van der Waals surface area contributed by atoms with Gasteiger partial charge >= 0.3 is 17.9 Å². The Labute approximate surface area is 557 Å². The fourth-order valence-electron chi connectivity index (χ4n) is 10.3. The van der Waals surface area contributed by atoms with Crippen molar-refractivity contribution in [1.82, 2.24) is 58.5 Å². The molecule has 1 aliphatic rings. The smallest absolute Gasteiger partial charge is 0.326 e. The lowest BCUT2D eigenvalue weighted by Gasteiger charge is -2.30. The maximum Gasteiger partial charge on any atom is 0.326 e. The number of cyclic esters (lactones) is 1. The van der Waals surface area contributed by atoms with Gasteiger partial charge in [0.1, 0.15) is 72.6 Å². The second kappa shape index (κ2) is 43.5. The summed E-state index contributed by atoms with van der Waals surface area (Å²) >= 11 is 0. The zero-order valence-electron chi connectivity index (χ0n) is 57.9. The summed E-state index contributed by atoms with van der Waals surface area (Å²) in [5.41, 5.74) is 0. The third-order valence-corrected chi connectivity index (χ3v) is 15.6. The monoisotopic (exact) mass is 1350 g/mol. The Morgan fingerprint density at radius 1 is 0.505 bits per heavy atom.